The molecule has 0 saturated heterocycles. The van der Waals surface area contributed by atoms with Gasteiger partial charge in [0.05, 0.1) is 12.0 Å². The Morgan fingerprint density at radius 2 is 2.31 bits per heavy atom. The molecule has 16 heavy (non-hydrogen) atoms. The molecule has 1 heterocycles. The van der Waals surface area contributed by atoms with Gasteiger partial charge in [-0.25, -0.2) is 0 Å². The number of rotatable bonds is 5. The smallest absolute Gasteiger partial charge is 0.151 e. The first kappa shape index (κ1) is 12.4. The van der Waals surface area contributed by atoms with Crippen molar-refractivity contribution in [2.45, 2.75) is 20.8 Å². The van der Waals surface area contributed by atoms with Crippen molar-refractivity contribution >= 4 is 11.7 Å². The van der Waals surface area contributed by atoms with Gasteiger partial charge < -0.3 is 10.6 Å². The highest BCUT2D eigenvalue weighted by Gasteiger charge is 2.13. The van der Waals surface area contributed by atoms with E-state index in [-0.39, 0.29) is 11.8 Å². The molecular formula is C11H19N5. The minimum Gasteiger partial charge on any atom is -0.387 e. The van der Waals surface area contributed by atoms with Crippen LogP contribution in [0.15, 0.2) is 12.3 Å². The van der Waals surface area contributed by atoms with Crippen LogP contribution < -0.4 is 10.6 Å². The first-order valence-corrected chi connectivity index (χ1v) is 5.42. The number of anilines is 1. The zero-order chi connectivity index (χ0) is 12.1. The molecule has 88 valence electrons. The van der Waals surface area contributed by atoms with Crippen LogP contribution >= 0.6 is 0 Å². The molecule has 0 aliphatic rings. The van der Waals surface area contributed by atoms with Gasteiger partial charge in [-0.05, 0) is 25.5 Å². The molecular weight excluding hydrogens is 202 g/mol. The predicted octanol–water partition coefficient (Wildman–Crippen LogP) is 1.18. The van der Waals surface area contributed by atoms with Crippen molar-refractivity contribution < 1.29 is 0 Å². The van der Waals surface area contributed by atoms with Crippen LogP contribution in [0.25, 0.3) is 0 Å². The molecule has 0 aromatic carbocycles. The van der Waals surface area contributed by atoms with E-state index in [0.717, 1.165) is 17.9 Å². The van der Waals surface area contributed by atoms with Gasteiger partial charge in [0.1, 0.15) is 0 Å². The van der Waals surface area contributed by atoms with Crippen LogP contribution in [0.2, 0.25) is 0 Å². The molecule has 0 bridgehead atoms. The lowest BCUT2D eigenvalue weighted by atomic mass is 10.1. The summed E-state index contributed by atoms with van der Waals surface area (Å²) < 4.78 is 0. The number of nitrogens with one attached hydrogen (secondary N) is 1. The summed E-state index contributed by atoms with van der Waals surface area (Å²) in [5, 5.41) is 15.4. The minimum atomic E-state index is 0.0299. The fraction of sp³-hybridized carbons (Fsp3) is 0.545. The van der Waals surface area contributed by atoms with E-state index in [9.17, 15) is 0 Å². The van der Waals surface area contributed by atoms with Crippen LogP contribution in [0.3, 0.4) is 0 Å². The Morgan fingerprint density at radius 3 is 2.81 bits per heavy atom. The fourth-order valence-corrected chi connectivity index (χ4v) is 1.42. The Labute approximate surface area is 96.2 Å². The molecule has 0 radical (unpaired) electrons. The molecule has 0 fully saturated rings. The summed E-state index contributed by atoms with van der Waals surface area (Å²) in [4.78, 5) is 2.08. The van der Waals surface area contributed by atoms with Crippen molar-refractivity contribution in [3.63, 3.8) is 0 Å². The molecule has 0 spiro atoms. The normalized spacial score (nSPS) is 12.2. The van der Waals surface area contributed by atoms with Gasteiger partial charge in [0.2, 0.25) is 0 Å². The topological polar surface area (TPSA) is 78.9 Å². The molecule has 0 aliphatic carbocycles. The first-order chi connectivity index (χ1) is 7.54. The average molecular weight is 221 g/mol. The second kappa shape index (κ2) is 5.44. The molecule has 3 N–H and O–H groups in total. The number of hydrogen-bond donors (Lipinski definition) is 2. The number of nitrogens with two attached hydrogens (primary N) is 1. The zero-order valence-electron chi connectivity index (χ0n) is 10.1. The lowest BCUT2D eigenvalue weighted by Gasteiger charge is -2.24. The molecule has 5 nitrogen and oxygen atoms in total. The summed E-state index contributed by atoms with van der Waals surface area (Å²) in [6.07, 6.45) is 1.73. The molecule has 1 rings (SSSR count). The van der Waals surface area contributed by atoms with Crippen molar-refractivity contribution in [3.8, 4) is 0 Å². The lowest BCUT2D eigenvalue weighted by Crippen LogP contribution is -2.35. The van der Waals surface area contributed by atoms with E-state index >= 15 is 0 Å². The third-order valence-corrected chi connectivity index (χ3v) is 2.51. The quantitative estimate of drug-likeness (QED) is 0.578. The van der Waals surface area contributed by atoms with Gasteiger partial charge >= 0.3 is 0 Å². The summed E-state index contributed by atoms with van der Waals surface area (Å²) in [5.74, 6) is 1.08. The minimum absolute atomic E-state index is 0.0299. The van der Waals surface area contributed by atoms with E-state index in [1.165, 1.54) is 0 Å². The highest BCUT2D eigenvalue weighted by Crippen LogP contribution is 2.12. The van der Waals surface area contributed by atoms with E-state index in [4.69, 9.17) is 11.1 Å². The van der Waals surface area contributed by atoms with E-state index in [1.54, 1.807) is 6.20 Å². The Kier molecular flexibility index (Phi) is 4.22. The number of aryl methyl sites for hydroxylation is 1. The second-order valence-corrected chi connectivity index (χ2v) is 3.99. The summed E-state index contributed by atoms with van der Waals surface area (Å²) in [6.45, 7) is 7.51. The number of nitrogens with zero attached hydrogens (tertiary/aromatic N) is 3. The van der Waals surface area contributed by atoms with Crippen molar-refractivity contribution in [2.24, 2.45) is 11.7 Å². The van der Waals surface area contributed by atoms with Crippen LogP contribution in [0.5, 0.6) is 0 Å². The maximum Gasteiger partial charge on any atom is 0.151 e. The molecule has 1 unspecified atom stereocenters. The summed E-state index contributed by atoms with van der Waals surface area (Å²) in [5.41, 5.74) is 6.55. The van der Waals surface area contributed by atoms with Crippen LogP contribution in [0, 0.1) is 18.3 Å². The molecule has 0 amide bonds. The monoisotopic (exact) mass is 221 g/mol. The molecule has 0 saturated carbocycles. The third kappa shape index (κ3) is 3.18. The van der Waals surface area contributed by atoms with Crippen LogP contribution in [0.1, 0.15) is 19.4 Å². The highest BCUT2D eigenvalue weighted by molar-refractivity contribution is 5.79. The number of amidine groups is 1. The zero-order valence-corrected chi connectivity index (χ0v) is 10.1. The van der Waals surface area contributed by atoms with E-state index in [2.05, 4.69) is 22.0 Å². The van der Waals surface area contributed by atoms with Gasteiger partial charge in [0.15, 0.2) is 5.82 Å². The number of aromatic nitrogens is 2. The van der Waals surface area contributed by atoms with E-state index < -0.39 is 0 Å². The second-order valence-electron chi connectivity index (χ2n) is 3.99. The van der Waals surface area contributed by atoms with Gasteiger partial charge in [-0.3, -0.25) is 5.41 Å². The molecule has 5 heteroatoms. The van der Waals surface area contributed by atoms with Gasteiger partial charge in [-0.2, -0.15) is 5.10 Å². The largest absolute Gasteiger partial charge is 0.387 e. The summed E-state index contributed by atoms with van der Waals surface area (Å²) in [6, 6.07) is 1.99. The van der Waals surface area contributed by atoms with Crippen molar-refractivity contribution in [1.29, 1.82) is 5.41 Å². The average Bonchev–Trinajstić information content (AvgIpc) is 2.25. The third-order valence-electron chi connectivity index (χ3n) is 2.51. The standard InChI is InChI=1S/C11H19N5/c1-4-16(7-9(3)11(12)13)10-5-8(2)6-14-15-10/h5-6,9H,4,7H2,1-3H3,(H3,12,13). The SMILES string of the molecule is CCN(CC(C)C(=N)N)c1cc(C)cnn1. The van der Waals surface area contributed by atoms with E-state index in [0.29, 0.717) is 6.54 Å². The summed E-state index contributed by atoms with van der Waals surface area (Å²) >= 11 is 0. The Bertz CT molecular complexity index is 363. The van der Waals surface area contributed by atoms with Crippen LogP contribution in [-0.2, 0) is 0 Å². The van der Waals surface area contributed by atoms with Crippen LogP contribution in [0.4, 0.5) is 5.82 Å². The maximum absolute atomic E-state index is 7.39. The Balaban J connectivity index is 2.78. The van der Waals surface area contributed by atoms with Crippen molar-refractivity contribution in [1.82, 2.24) is 10.2 Å². The van der Waals surface area contributed by atoms with E-state index in [1.807, 2.05) is 19.9 Å². The molecule has 1 aromatic rings. The number of hydrogen-bond acceptors (Lipinski definition) is 4. The van der Waals surface area contributed by atoms with Gasteiger partial charge in [0, 0.05) is 19.0 Å². The Hall–Kier alpha value is -1.65. The Morgan fingerprint density at radius 1 is 1.62 bits per heavy atom. The predicted molar refractivity (Wildman–Crippen MR) is 65.7 cm³/mol. The van der Waals surface area contributed by atoms with Crippen molar-refractivity contribution in [2.75, 3.05) is 18.0 Å². The maximum atomic E-state index is 7.39. The summed E-state index contributed by atoms with van der Waals surface area (Å²) in [7, 11) is 0. The molecule has 1 aromatic heterocycles. The lowest BCUT2D eigenvalue weighted by molar-refractivity contribution is 0.684. The first-order valence-electron chi connectivity index (χ1n) is 5.42. The highest BCUT2D eigenvalue weighted by atomic mass is 15.3. The van der Waals surface area contributed by atoms with Crippen molar-refractivity contribution in [3.05, 3.63) is 17.8 Å². The molecule has 1 atom stereocenters. The van der Waals surface area contributed by atoms with Gasteiger partial charge in [-0.15, -0.1) is 5.10 Å². The van der Waals surface area contributed by atoms with Gasteiger partial charge in [0.25, 0.3) is 0 Å². The van der Waals surface area contributed by atoms with Crippen LogP contribution in [-0.4, -0.2) is 29.1 Å². The fourth-order valence-electron chi connectivity index (χ4n) is 1.42. The van der Waals surface area contributed by atoms with Gasteiger partial charge in [-0.1, -0.05) is 6.92 Å². The molecule has 0 aliphatic heterocycles.